The number of methoxy groups -OCH3 is 1. The number of hydrogen-bond donors (Lipinski definition) is 1. The third-order valence-electron chi connectivity index (χ3n) is 4.37. The molecule has 2 amide bonds. The Morgan fingerprint density at radius 3 is 2.75 bits per heavy atom. The first-order chi connectivity index (χ1) is 13.6. The second-order valence-electron chi connectivity index (χ2n) is 6.14. The molecule has 28 heavy (non-hydrogen) atoms. The fourth-order valence-electron chi connectivity index (χ4n) is 2.92. The number of carbonyl (C=O) groups excluding carboxylic acids is 2. The summed E-state index contributed by atoms with van der Waals surface area (Å²) < 4.78 is 5.13. The maximum Gasteiger partial charge on any atom is 0.277 e. The second kappa shape index (κ2) is 7.73. The molecule has 0 bridgehead atoms. The summed E-state index contributed by atoms with van der Waals surface area (Å²) in [6.07, 6.45) is 5.02. The van der Waals surface area contributed by atoms with E-state index in [0.29, 0.717) is 36.0 Å². The summed E-state index contributed by atoms with van der Waals surface area (Å²) in [5.74, 6) is 0.320. The quantitative estimate of drug-likeness (QED) is 0.729. The molecule has 0 radical (unpaired) electrons. The van der Waals surface area contributed by atoms with Crippen molar-refractivity contribution in [1.29, 1.82) is 0 Å². The minimum absolute atomic E-state index is 0.0353. The first kappa shape index (κ1) is 18.1. The number of carbonyl (C=O) groups is 2. The van der Waals surface area contributed by atoms with Crippen molar-refractivity contribution in [2.24, 2.45) is 0 Å². The molecule has 4 rings (SSSR count). The molecule has 0 aliphatic carbocycles. The Labute approximate surface area is 165 Å². The van der Waals surface area contributed by atoms with E-state index in [1.807, 2.05) is 0 Å². The van der Waals surface area contributed by atoms with Gasteiger partial charge in [0, 0.05) is 35.8 Å². The molecule has 0 fully saturated rings. The first-order valence-electron chi connectivity index (χ1n) is 8.63. The zero-order chi connectivity index (χ0) is 19.5. The summed E-state index contributed by atoms with van der Waals surface area (Å²) in [5, 5.41) is 3.25. The Hall–Kier alpha value is -3.33. The molecule has 3 aromatic rings. The number of ether oxygens (including phenoxy) is 1. The largest absolute Gasteiger partial charge is 0.497 e. The minimum Gasteiger partial charge on any atom is -0.497 e. The lowest BCUT2D eigenvalue weighted by Gasteiger charge is -2.26. The first-order valence-corrected chi connectivity index (χ1v) is 9.45. The van der Waals surface area contributed by atoms with Crippen LogP contribution in [0.3, 0.4) is 0 Å². The van der Waals surface area contributed by atoms with Crippen LogP contribution in [-0.2, 0) is 13.0 Å². The Balaban J connectivity index is 1.45. The predicted molar refractivity (Wildman–Crippen MR) is 104 cm³/mol. The Morgan fingerprint density at radius 2 is 2.04 bits per heavy atom. The van der Waals surface area contributed by atoms with Crippen LogP contribution in [0.1, 0.15) is 31.4 Å². The summed E-state index contributed by atoms with van der Waals surface area (Å²) in [6, 6.07) is 7.07. The molecule has 0 unspecified atom stereocenters. The number of anilines is 1. The summed E-state index contributed by atoms with van der Waals surface area (Å²) in [6.45, 7) is 1.05. The smallest absolute Gasteiger partial charge is 0.277 e. The number of hydrogen-bond acceptors (Lipinski definition) is 7. The van der Waals surface area contributed by atoms with Crippen LogP contribution in [0.5, 0.6) is 5.75 Å². The van der Waals surface area contributed by atoms with Crippen molar-refractivity contribution in [3.05, 3.63) is 64.7 Å². The molecule has 2 aromatic heterocycles. The van der Waals surface area contributed by atoms with E-state index in [1.165, 1.54) is 29.9 Å². The van der Waals surface area contributed by atoms with Gasteiger partial charge in [0.2, 0.25) is 0 Å². The number of nitrogens with zero attached hydrogens (tertiary/aromatic N) is 4. The van der Waals surface area contributed by atoms with Gasteiger partial charge in [-0.25, -0.2) is 9.97 Å². The van der Waals surface area contributed by atoms with E-state index >= 15 is 0 Å². The van der Waals surface area contributed by atoms with Crippen molar-refractivity contribution >= 4 is 28.3 Å². The number of aromatic nitrogens is 3. The SMILES string of the molecule is COc1ccc(C(=O)N2CCc3nc(NC(=O)c4cnccn4)sc3C2)cc1. The average molecular weight is 395 g/mol. The Morgan fingerprint density at radius 1 is 1.21 bits per heavy atom. The van der Waals surface area contributed by atoms with Gasteiger partial charge in [-0.15, -0.1) is 0 Å². The van der Waals surface area contributed by atoms with Crippen LogP contribution in [0.2, 0.25) is 0 Å². The van der Waals surface area contributed by atoms with Gasteiger partial charge >= 0.3 is 0 Å². The van der Waals surface area contributed by atoms with Gasteiger partial charge in [-0.2, -0.15) is 0 Å². The van der Waals surface area contributed by atoms with Crippen molar-refractivity contribution in [2.45, 2.75) is 13.0 Å². The summed E-state index contributed by atoms with van der Waals surface area (Å²) in [5.41, 5.74) is 1.76. The van der Waals surface area contributed by atoms with Gasteiger partial charge in [-0.1, -0.05) is 11.3 Å². The number of rotatable bonds is 4. The van der Waals surface area contributed by atoms with E-state index in [0.717, 1.165) is 10.6 Å². The van der Waals surface area contributed by atoms with Crippen LogP contribution in [0.25, 0.3) is 0 Å². The van der Waals surface area contributed by atoms with Crippen molar-refractivity contribution in [1.82, 2.24) is 19.9 Å². The zero-order valence-electron chi connectivity index (χ0n) is 15.1. The Kier molecular flexibility index (Phi) is 4.98. The molecule has 8 nitrogen and oxygen atoms in total. The highest BCUT2D eigenvalue weighted by atomic mass is 32.1. The monoisotopic (exact) mass is 395 g/mol. The minimum atomic E-state index is -0.356. The van der Waals surface area contributed by atoms with Crippen molar-refractivity contribution in [3.63, 3.8) is 0 Å². The van der Waals surface area contributed by atoms with Crippen LogP contribution >= 0.6 is 11.3 Å². The van der Waals surface area contributed by atoms with Gasteiger partial charge in [0.1, 0.15) is 11.4 Å². The second-order valence-corrected chi connectivity index (χ2v) is 7.22. The van der Waals surface area contributed by atoms with Crippen LogP contribution in [0, 0.1) is 0 Å². The lowest BCUT2D eigenvalue weighted by atomic mass is 10.1. The third kappa shape index (κ3) is 3.70. The van der Waals surface area contributed by atoms with Crippen LogP contribution in [0.15, 0.2) is 42.9 Å². The zero-order valence-corrected chi connectivity index (χ0v) is 15.9. The normalized spacial score (nSPS) is 13.0. The maximum absolute atomic E-state index is 12.8. The fraction of sp³-hybridized carbons (Fsp3) is 0.211. The van der Waals surface area contributed by atoms with Crippen molar-refractivity contribution < 1.29 is 14.3 Å². The highest BCUT2D eigenvalue weighted by Gasteiger charge is 2.25. The lowest BCUT2D eigenvalue weighted by molar-refractivity contribution is 0.0736. The van der Waals surface area contributed by atoms with E-state index in [9.17, 15) is 9.59 Å². The summed E-state index contributed by atoms with van der Waals surface area (Å²) >= 11 is 1.38. The third-order valence-corrected chi connectivity index (χ3v) is 5.37. The van der Waals surface area contributed by atoms with Gasteiger partial charge < -0.3 is 9.64 Å². The molecule has 1 aliphatic heterocycles. The number of amides is 2. The number of fused-ring (bicyclic) bond motifs is 1. The molecule has 142 valence electrons. The van der Waals surface area contributed by atoms with Crippen molar-refractivity contribution in [2.75, 3.05) is 19.0 Å². The highest BCUT2D eigenvalue weighted by Crippen LogP contribution is 2.29. The number of thiazole rings is 1. The average Bonchev–Trinajstić information content (AvgIpc) is 3.15. The standard InChI is InChI=1S/C19H17N5O3S/c1-27-13-4-2-12(3-5-13)18(26)24-9-6-14-16(11-24)28-19(22-14)23-17(25)15-10-20-7-8-21-15/h2-5,7-8,10H,6,9,11H2,1H3,(H,22,23,25). The van der Waals surface area contributed by atoms with E-state index < -0.39 is 0 Å². The molecule has 9 heteroatoms. The van der Waals surface area contributed by atoms with Gasteiger partial charge in [-0.3, -0.25) is 19.9 Å². The van der Waals surface area contributed by atoms with Gasteiger partial charge in [0.05, 0.1) is 25.5 Å². The van der Waals surface area contributed by atoms with E-state index in [4.69, 9.17) is 4.74 Å². The van der Waals surface area contributed by atoms with E-state index in [2.05, 4.69) is 20.3 Å². The molecular formula is C19H17N5O3S. The molecule has 0 spiro atoms. The van der Waals surface area contributed by atoms with E-state index in [-0.39, 0.29) is 17.5 Å². The molecular weight excluding hydrogens is 378 g/mol. The summed E-state index contributed by atoms with van der Waals surface area (Å²) in [4.78, 5) is 40.1. The lowest BCUT2D eigenvalue weighted by Crippen LogP contribution is -2.35. The molecule has 1 aliphatic rings. The molecule has 3 heterocycles. The highest BCUT2D eigenvalue weighted by molar-refractivity contribution is 7.15. The van der Waals surface area contributed by atoms with Crippen LogP contribution in [0.4, 0.5) is 5.13 Å². The molecule has 1 N–H and O–H groups in total. The number of benzene rings is 1. The molecule has 1 aromatic carbocycles. The van der Waals surface area contributed by atoms with E-state index in [1.54, 1.807) is 36.3 Å². The van der Waals surface area contributed by atoms with Crippen LogP contribution in [-0.4, -0.2) is 45.3 Å². The predicted octanol–water partition coefficient (Wildman–Crippen LogP) is 2.39. The summed E-state index contributed by atoms with van der Waals surface area (Å²) in [7, 11) is 1.59. The van der Waals surface area contributed by atoms with Crippen LogP contribution < -0.4 is 10.1 Å². The van der Waals surface area contributed by atoms with Gasteiger partial charge in [0.15, 0.2) is 5.13 Å². The molecule has 0 saturated carbocycles. The van der Waals surface area contributed by atoms with Gasteiger partial charge in [0.25, 0.3) is 11.8 Å². The van der Waals surface area contributed by atoms with Crippen molar-refractivity contribution in [3.8, 4) is 5.75 Å². The fourth-order valence-corrected chi connectivity index (χ4v) is 3.93. The Bertz CT molecular complexity index is 1000. The molecule has 0 atom stereocenters. The number of nitrogens with one attached hydrogen (secondary N) is 1. The van der Waals surface area contributed by atoms with Gasteiger partial charge in [-0.05, 0) is 24.3 Å². The molecule has 0 saturated heterocycles. The maximum atomic E-state index is 12.8. The topological polar surface area (TPSA) is 97.3 Å².